The van der Waals surface area contributed by atoms with Crippen molar-refractivity contribution in [2.75, 3.05) is 5.32 Å². The van der Waals surface area contributed by atoms with Crippen molar-refractivity contribution in [3.63, 3.8) is 0 Å². The average Bonchev–Trinajstić information content (AvgIpc) is 2.28. The second kappa shape index (κ2) is 4.66. The third kappa shape index (κ3) is 2.37. The molecule has 0 radical (unpaired) electrons. The third-order valence-corrected chi connectivity index (χ3v) is 3.77. The monoisotopic (exact) mass is 313 g/mol. The maximum absolute atomic E-state index is 11.9. The predicted octanol–water partition coefficient (Wildman–Crippen LogP) is 2.18. The molecule has 6 nitrogen and oxygen atoms in total. The minimum atomic E-state index is -0.818. The van der Waals surface area contributed by atoms with Crippen LogP contribution < -0.4 is 11.1 Å². The molecule has 7 heteroatoms. The Hall–Kier alpha value is -1.47. The third-order valence-electron chi connectivity index (χ3n) is 3.10. The van der Waals surface area contributed by atoms with E-state index in [1.54, 1.807) is 6.07 Å². The fourth-order valence-electron chi connectivity index (χ4n) is 1.77. The first-order chi connectivity index (χ1) is 8.42. The molecule has 1 aliphatic rings. The first-order valence-corrected chi connectivity index (χ1v) is 6.26. The number of anilines is 1. The molecule has 1 fully saturated rings. The van der Waals surface area contributed by atoms with Crippen LogP contribution in [0.1, 0.15) is 19.3 Å². The highest BCUT2D eigenvalue weighted by Gasteiger charge is 2.40. The van der Waals surface area contributed by atoms with Crippen LogP contribution in [0.2, 0.25) is 0 Å². The van der Waals surface area contributed by atoms with Gasteiger partial charge in [-0.05, 0) is 47.3 Å². The zero-order valence-corrected chi connectivity index (χ0v) is 11.1. The number of nitrogens with one attached hydrogen (secondary N) is 1. The number of benzene rings is 1. The lowest BCUT2D eigenvalue weighted by atomic mass is 9.77. The molecule has 0 unspecified atom stereocenters. The molecule has 1 saturated carbocycles. The van der Waals surface area contributed by atoms with Crippen molar-refractivity contribution >= 4 is 33.2 Å². The van der Waals surface area contributed by atoms with E-state index in [2.05, 4.69) is 21.2 Å². The summed E-state index contributed by atoms with van der Waals surface area (Å²) in [5, 5.41) is 13.4. The molecule has 0 heterocycles. The first-order valence-electron chi connectivity index (χ1n) is 5.47. The molecule has 96 valence electrons. The van der Waals surface area contributed by atoms with Gasteiger partial charge in [-0.25, -0.2) is 0 Å². The largest absolute Gasteiger partial charge is 0.324 e. The molecule has 1 aliphatic carbocycles. The number of nitrogens with zero attached hydrogens (tertiary/aromatic N) is 1. The molecule has 1 amide bonds. The predicted molar refractivity (Wildman–Crippen MR) is 70.2 cm³/mol. The summed E-state index contributed by atoms with van der Waals surface area (Å²) < 4.78 is 0.372. The second-order valence-electron chi connectivity index (χ2n) is 4.39. The van der Waals surface area contributed by atoms with Gasteiger partial charge in [0.2, 0.25) is 5.91 Å². The zero-order valence-electron chi connectivity index (χ0n) is 9.48. The molecule has 0 spiro atoms. The van der Waals surface area contributed by atoms with Gasteiger partial charge in [-0.15, -0.1) is 0 Å². The van der Waals surface area contributed by atoms with Crippen LogP contribution in [-0.4, -0.2) is 16.4 Å². The fourth-order valence-corrected chi connectivity index (χ4v) is 2.16. The molecule has 0 saturated heterocycles. The van der Waals surface area contributed by atoms with Gasteiger partial charge in [-0.2, -0.15) is 0 Å². The van der Waals surface area contributed by atoms with E-state index >= 15 is 0 Å². The van der Waals surface area contributed by atoms with Crippen molar-refractivity contribution < 1.29 is 9.72 Å². The van der Waals surface area contributed by atoms with Crippen LogP contribution in [0.15, 0.2) is 22.7 Å². The highest BCUT2D eigenvalue weighted by Crippen LogP contribution is 2.32. The van der Waals surface area contributed by atoms with Gasteiger partial charge < -0.3 is 11.1 Å². The van der Waals surface area contributed by atoms with Gasteiger partial charge in [0, 0.05) is 11.8 Å². The molecule has 18 heavy (non-hydrogen) atoms. The number of nitro benzene ring substituents is 1. The Bertz CT molecular complexity index is 514. The minimum Gasteiger partial charge on any atom is -0.324 e. The van der Waals surface area contributed by atoms with Gasteiger partial charge in [-0.1, -0.05) is 0 Å². The van der Waals surface area contributed by atoms with Gasteiger partial charge in [0.1, 0.15) is 0 Å². The van der Waals surface area contributed by atoms with Crippen LogP contribution in [0.5, 0.6) is 0 Å². The molecule has 1 aromatic carbocycles. The zero-order chi connectivity index (χ0) is 13.3. The van der Waals surface area contributed by atoms with E-state index in [0.717, 1.165) is 6.42 Å². The van der Waals surface area contributed by atoms with Crippen molar-refractivity contribution in [2.24, 2.45) is 5.73 Å². The average molecular weight is 314 g/mol. The number of rotatable bonds is 3. The summed E-state index contributed by atoms with van der Waals surface area (Å²) in [6.07, 6.45) is 2.24. The maximum atomic E-state index is 11.9. The van der Waals surface area contributed by atoms with Crippen LogP contribution in [0.3, 0.4) is 0 Å². The standard InChI is InChI=1S/C11H12BrN3O3/c12-8-3-2-7(6-9(8)15(17)18)14-10(16)11(13)4-1-5-11/h2-3,6H,1,4-5,13H2,(H,14,16). The summed E-state index contributed by atoms with van der Waals surface area (Å²) in [5.74, 6) is -0.287. The molecule has 0 aliphatic heterocycles. The molecule has 1 aromatic rings. The van der Waals surface area contributed by atoms with E-state index in [0.29, 0.717) is 23.0 Å². The molecular weight excluding hydrogens is 302 g/mol. The topological polar surface area (TPSA) is 98.3 Å². The Morgan fingerprint density at radius 3 is 2.67 bits per heavy atom. The van der Waals surface area contributed by atoms with Crippen LogP contribution >= 0.6 is 15.9 Å². The summed E-state index contributed by atoms with van der Waals surface area (Å²) >= 11 is 3.08. The summed E-state index contributed by atoms with van der Waals surface area (Å²) in [5.41, 5.74) is 5.34. The van der Waals surface area contributed by atoms with Gasteiger partial charge in [-0.3, -0.25) is 14.9 Å². The van der Waals surface area contributed by atoms with E-state index in [-0.39, 0.29) is 11.6 Å². The molecule has 0 bridgehead atoms. The van der Waals surface area contributed by atoms with Gasteiger partial charge in [0.15, 0.2) is 0 Å². The number of halogens is 1. The molecular formula is C11H12BrN3O3. The Morgan fingerprint density at radius 1 is 1.50 bits per heavy atom. The maximum Gasteiger partial charge on any atom is 0.285 e. The van der Waals surface area contributed by atoms with E-state index in [1.807, 2.05) is 0 Å². The van der Waals surface area contributed by atoms with Crippen molar-refractivity contribution in [3.8, 4) is 0 Å². The van der Waals surface area contributed by atoms with E-state index in [4.69, 9.17) is 5.73 Å². The number of carbonyl (C=O) groups excluding carboxylic acids is 1. The van der Waals surface area contributed by atoms with Crippen molar-refractivity contribution in [3.05, 3.63) is 32.8 Å². The summed E-state index contributed by atoms with van der Waals surface area (Å²) in [4.78, 5) is 22.1. The Balaban J connectivity index is 2.17. The summed E-state index contributed by atoms with van der Waals surface area (Å²) in [7, 11) is 0. The van der Waals surface area contributed by atoms with Crippen LogP contribution in [0, 0.1) is 10.1 Å². The highest BCUT2D eigenvalue weighted by molar-refractivity contribution is 9.10. The first kappa shape index (κ1) is 13.0. The fraction of sp³-hybridized carbons (Fsp3) is 0.364. The second-order valence-corrected chi connectivity index (χ2v) is 5.24. The van der Waals surface area contributed by atoms with E-state index < -0.39 is 10.5 Å². The van der Waals surface area contributed by atoms with Crippen molar-refractivity contribution in [1.82, 2.24) is 0 Å². The number of nitrogens with two attached hydrogens (primary N) is 1. The summed E-state index contributed by atoms with van der Waals surface area (Å²) in [6.45, 7) is 0. The SMILES string of the molecule is NC1(C(=O)Nc2ccc(Br)c([N+](=O)[O-])c2)CCC1. The molecule has 2 rings (SSSR count). The highest BCUT2D eigenvalue weighted by atomic mass is 79.9. The van der Waals surface area contributed by atoms with Crippen LogP contribution in [-0.2, 0) is 4.79 Å². The Morgan fingerprint density at radius 2 is 2.17 bits per heavy atom. The normalized spacial score (nSPS) is 16.8. The molecule has 3 N–H and O–H groups in total. The van der Waals surface area contributed by atoms with Gasteiger partial charge >= 0.3 is 0 Å². The van der Waals surface area contributed by atoms with Crippen LogP contribution in [0.4, 0.5) is 11.4 Å². The number of hydrogen-bond acceptors (Lipinski definition) is 4. The number of amides is 1. The number of carbonyl (C=O) groups is 1. The van der Waals surface area contributed by atoms with Crippen LogP contribution in [0.25, 0.3) is 0 Å². The lowest BCUT2D eigenvalue weighted by molar-refractivity contribution is -0.385. The van der Waals surface area contributed by atoms with E-state index in [1.165, 1.54) is 12.1 Å². The van der Waals surface area contributed by atoms with Gasteiger partial charge in [0.25, 0.3) is 5.69 Å². The minimum absolute atomic E-state index is 0.0903. The molecule has 0 atom stereocenters. The number of nitro groups is 1. The lowest BCUT2D eigenvalue weighted by Crippen LogP contribution is -2.56. The Labute approximate surface area is 112 Å². The molecule has 0 aromatic heterocycles. The lowest BCUT2D eigenvalue weighted by Gasteiger charge is -2.36. The number of hydrogen-bond donors (Lipinski definition) is 2. The smallest absolute Gasteiger partial charge is 0.285 e. The van der Waals surface area contributed by atoms with Gasteiger partial charge in [0.05, 0.1) is 14.9 Å². The van der Waals surface area contributed by atoms with Crippen molar-refractivity contribution in [2.45, 2.75) is 24.8 Å². The van der Waals surface area contributed by atoms with Crippen molar-refractivity contribution in [1.29, 1.82) is 0 Å². The van der Waals surface area contributed by atoms with E-state index in [9.17, 15) is 14.9 Å². The quantitative estimate of drug-likeness (QED) is 0.660. The Kier molecular flexibility index (Phi) is 3.36. The summed E-state index contributed by atoms with van der Waals surface area (Å²) in [6, 6.07) is 4.43.